The van der Waals surface area contributed by atoms with Crippen LogP contribution in [0.3, 0.4) is 0 Å². The average Bonchev–Trinajstić information content (AvgIpc) is 2.81. The Morgan fingerprint density at radius 2 is 2.41 bits per heavy atom. The van der Waals surface area contributed by atoms with Crippen molar-refractivity contribution in [2.45, 2.75) is 25.8 Å². The number of esters is 1. The van der Waals surface area contributed by atoms with E-state index in [2.05, 4.69) is 21.0 Å². The van der Waals surface area contributed by atoms with Crippen molar-refractivity contribution in [1.82, 2.24) is 10.3 Å². The summed E-state index contributed by atoms with van der Waals surface area (Å²) in [7, 11) is 1.38. The molecule has 0 aliphatic carbocycles. The van der Waals surface area contributed by atoms with E-state index in [1.807, 2.05) is 0 Å². The average molecular weight is 234 g/mol. The number of hydrogen-bond acceptors (Lipinski definition) is 3. The molecule has 0 fully saturated rings. The molecule has 1 heterocycles. The SMILES string of the molecule is C#CCCCCNCc1[nH]ccc1C(=O)OC. The van der Waals surface area contributed by atoms with E-state index in [0.717, 1.165) is 31.5 Å². The van der Waals surface area contributed by atoms with Crippen molar-refractivity contribution in [3.8, 4) is 12.3 Å². The minimum atomic E-state index is -0.310. The molecule has 2 N–H and O–H groups in total. The molecule has 0 saturated heterocycles. The van der Waals surface area contributed by atoms with Gasteiger partial charge in [-0.05, 0) is 25.5 Å². The van der Waals surface area contributed by atoms with Gasteiger partial charge in [0.2, 0.25) is 0 Å². The van der Waals surface area contributed by atoms with E-state index in [0.29, 0.717) is 12.1 Å². The zero-order valence-corrected chi connectivity index (χ0v) is 10.1. The van der Waals surface area contributed by atoms with Gasteiger partial charge in [-0.15, -0.1) is 12.3 Å². The van der Waals surface area contributed by atoms with Gasteiger partial charge >= 0.3 is 5.97 Å². The molecule has 92 valence electrons. The first-order valence-electron chi connectivity index (χ1n) is 5.68. The Kier molecular flexibility index (Phi) is 5.91. The van der Waals surface area contributed by atoms with Crippen molar-refractivity contribution < 1.29 is 9.53 Å². The van der Waals surface area contributed by atoms with Gasteiger partial charge in [-0.3, -0.25) is 0 Å². The fraction of sp³-hybridized carbons (Fsp3) is 0.462. The molecule has 0 aromatic carbocycles. The van der Waals surface area contributed by atoms with Gasteiger partial charge in [0, 0.05) is 24.9 Å². The monoisotopic (exact) mass is 234 g/mol. The number of methoxy groups -OCH3 is 1. The maximum atomic E-state index is 11.4. The number of hydrogen-bond donors (Lipinski definition) is 2. The van der Waals surface area contributed by atoms with Gasteiger partial charge in [0.1, 0.15) is 0 Å². The van der Waals surface area contributed by atoms with E-state index < -0.39 is 0 Å². The minimum absolute atomic E-state index is 0.310. The molecule has 0 unspecified atom stereocenters. The molecule has 1 aromatic heterocycles. The predicted octanol–water partition coefficient (Wildman–Crippen LogP) is 1.69. The maximum Gasteiger partial charge on any atom is 0.339 e. The lowest BCUT2D eigenvalue weighted by Crippen LogP contribution is -2.17. The highest BCUT2D eigenvalue weighted by Crippen LogP contribution is 2.07. The summed E-state index contributed by atoms with van der Waals surface area (Å²) >= 11 is 0. The standard InChI is InChI=1S/C13H18N2O2/c1-3-4-5-6-8-14-10-12-11(7-9-15-12)13(16)17-2/h1,7,9,14-15H,4-6,8,10H2,2H3. The maximum absolute atomic E-state index is 11.4. The van der Waals surface area contributed by atoms with Crippen LogP contribution in [0.15, 0.2) is 12.3 Å². The van der Waals surface area contributed by atoms with Crippen molar-refractivity contribution in [3.05, 3.63) is 23.5 Å². The zero-order chi connectivity index (χ0) is 12.5. The molecule has 0 atom stereocenters. The summed E-state index contributed by atoms with van der Waals surface area (Å²) in [6.45, 7) is 1.52. The van der Waals surface area contributed by atoms with Crippen molar-refractivity contribution in [2.24, 2.45) is 0 Å². The number of nitrogens with one attached hydrogen (secondary N) is 2. The normalized spacial score (nSPS) is 9.88. The number of ether oxygens (including phenoxy) is 1. The first-order chi connectivity index (χ1) is 8.29. The van der Waals surface area contributed by atoms with E-state index in [9.17, 15) is 4.79 Å². The molecular weight excluding hydrogens is 216 g/mol. The fourth-order valence-corrected chi connectivity index (χ4v) is 1.54. The number of H-pyrrole nitrogens is 1. The van der Waals surface area contributed by atoms with Crippen LogP contribution in [0.25, 0.3) is 0 Å². The Morgan fingerprint density at radius 1 is 1.59 bits per heavy atom. The van der Waals surface area contributed by atoms with Gasteiger partial charge in [-0.25, -0.2) is 4.79 Å². The highest BCUT2D eigenvalue weighted by Gasteiger charge is 2.11. The first kappa shape index (κ1) is 13.3. The second kappa shape index (κ2) is 7.53. The summed E-state index contributed by atoms with van der Waals surface area (Å²) in [6, 6.07) is 1.72. The van der Waals surface area contributed by atoms with Gasteiger partial charge in [-0.2, -0.15) is 0 Å². The summed E-state index contributed by atoms with van der Waals surface area (Å²) in [5, 5.41) is 3.26. The van der Waals surface area contributed by atoms with Crippen LogP contribution >= 0.6 is 0 Å². The van der Waals surface area contributed by atoms with Crippen LogP contribution in [0.5, 0.6) is 0 Å². The van der Waals surface area contributed by atoms with Crippen molar-refractivity contribution in [1.29, 1.82) is 0 Å². The molecular formula is C13H18N2O2. The Hall–Kier alpha value is -1.73. The molecule has 17 heavy (non-hydrogen) atoms. The lowest BCUT2D eigenvalue weighted by atomic mass is 10.2. The minimum Gasteiger partial charge on any atom is -0.465 e. The molecule has 0 spiro atoms. The van der Waals surface area contributed by atoms with Crippen molar-refractivity contribution >= 4 is 5.97 Å². The quantitative estimate of drug-likeness (QED) is 0.429. The van der Waals surface area contributed by atoms with Crippen LogP contribution in [-0.2, 0) is 11.3 Å². The Balaban J connectivity index is 2.30. The molecule has 4 heteroatoms. The van der Waals surface area contributed by atoms with Crippen LogP contribution in [0, 0.1) is 12.3 Å². The number of rotatable bonds is 7. The van der Waals surface area contributed by atoms with Gasteiger partial charge < -0.3 is 15.0 Å². The van der Waals surface area contributed by atoms with E-state index in [-0.39, 0.29) is 5.97 Å². The Bertz CT molecular complexity index is 390. The predicted molar refractivity (Wildman–Crippen MR) is 66.5 cm³/mol. The Morgan fingerprint density at radius 3 is 3.12 bits per heavy atom. The zero-order valence-electron chi connectivity index (χ0n) is 10.1. The molecule has 0 bridgehead atoms. The van der Waals surface area contributed by atoms with Gasteiger partial charge in [0.15, 0.2) is 0 Å². The second-order valence-electron chi connectivity index (χ2n) is 3.70. The first-order valence-corrected chi connectivity index (χ1v) is 5.68. The topological polar surface area (TPSA) is 54.1 Å². The Labute approximate surface area is 102 Å². The number of aromatic amines is 1. The molecule has 0 aliphatic rings. The largest absolute Gasteiger partial charge is 0.465 e. The van der Waals surface area contributed by atoms with Crippen LogP contribution < -0.4 is 5.32 Å². The molecule has 0 aliphatic heterocycles. The summed E-state index contributed by atoms with van der Waals surface area (Å²) in [5.41, 5.74) is 1.44. The van der Waals surface area contributed by atoms with Crippen molar-refractivity contribution in [3.63, 3.8) is 0 Å². The number of terminal acetylenes is 1. The van der Waals surface area contributed by atoms with Crippen LogP contribution in [0.1, 0.15) is 35.3 Å². The van der Waals surface area contributed by atoms with Gasteiger partial charge in [-0.1, -0.05) is 0 Å². The number of aromatic nitrogens is 1. The van der Waals surface area contributed by atoms with Crippen molar-refractivity contribution in [2.75, 3.05) is 13.7 Å². The molecule has 4 nitrogen and oxygen atoms in total. The summed E-state index contributed by atoms with van der Waals surface area (Å²) in [6.07, 6.45) is 9.78. The van der Waals surface area contributed by atoms with Crippen LogP contribution in [0.4, 0.5) is 0 Å². The highest BCUT2D eigenvalue weighted by atomic mass is 16.5. The summed E-state index contributed by atoms with van der Waals surface area (Å²) in [4.78, 5) is 14.4. The highest BCUT2D eigenvalue weighted by molar-refractivity contribution is 5.90. The third-order valence-electron chi connectivity index (χ3n) is 2.46. The number of carbonyl (C=O) groups is 1. The second-order valence-corrected chi connectivity index (χ2v) is 3.70. The van der Waals surface area contributed by atoms with Crippen LogP contribution in [-0.4, -0.2) is 24.6 Å². The smallest absolute Gasteiger partial charge is 0.339 e. The third-order valence-corrected chi connectivity index (χ3v) is 2.46. The molecule has 0 saturated carbocycles. The van der Waals surface area contributed by atoms with Gasteiger partial charge in [0.25, 0.3) is 0 Å². The molecule has 0 radical (unpaired) electrons. The summed E-state index contributed by atoms with van der Waals surface area (Å²) in [5.74, 6) is 2.30. The van der Waals surface area contributed by atoms with Crippen LogP contribution in [0.2, 0.25) is 0 Å². The molecule has 0 amide bonds. The lowest BCUT2D eigenvalue weighted by Gasteiger charge is -2.04. The van der Waals surface area contributed by atoms with E-state index >= 15 is 0 Å². The number of unbranched alkanes of at least 4 members (excludes halogenated alkanes) is 2. The van der Waals surface area contributed by atoms with Gasteiger partial charge in [0.05, 0.1) is 12.7 Å². The third kappa shape index (κ3) is 4.33. The molecule has 1 rings (SSSR count). The summed E-state index contributed by atoms with van der Waals surface area (Å²) < 4.78 is 4.69. The van der Waals surface area contributed by atoms with E-state index in [1.54, 1.807) is 12.3 Å². The molecule has 1 aromatic rings. The van der Waals surface area contributed by atoms with E-state index in [4.69, 9.17) is 6.42 Å². The lowest BCUT2D eigenvalue weighted by molar-refractivity contribution is 0.0599. The number of carbonyl (C=O) groups excluding carboxylic acids is 1. The van der Waals surface area contributed by atoms with E-state index in [1.165, 1.54) is 7.11 Å². The fourth-order valence-electron chi connectivity index (χ4n) is 1.54.